The van der Waals surface area contributed by atoms with Crippen LogP contribution in [0.3, 0.4) is 0 Å². The van der Waals surface area contributed by atoms with Gasteiger partial charge in [0.15, 0.2) is 0 Å². The summed E-state index contributed by atoms with van der Waals surface area (Å²) in [6.45, 7) is 7.80. The fraction of sp³-hybridized carbons (Fsp3) is 0.562. The van der Waals surface area contributed by atoms with Gasteiger partial charge in [-0.2, -0.15) is 0 Å². The average molecular weight is 295 g/mol. The van der Waals surface area contributed by atoms with Crippen molar-refractivity contribution >= 4 is 6.09 Å². The average Bonchev–Trinajstić information content (AvgIpc) is 2.38. The first-order valence-electron chi connectivity index (χ1n) is 7.16. The predicted molar refractivity (Wildman–Crippen MR) is 81.6 cm³/mol. The minimum atomic E-state index is -0.552. The number of nitrogens with one attached hydrogen (secondary N) is 1. The molecule has 5 heteroatoms. The van der Waals surface area contributed by atoms with Crippen molar-refractivity contribution in [1.29, 1.82) is 0 Å². The summed E-state index contributed by atoms with van der Waals surface area (Å²) in [4.78, 5) is 11.7. The lowest BCUT2D eigenvalue weighted by molar-refractivity contribution is 0.0483. The van der Waals surface area contributed by atoms with Gasteiger partial charge in [-0.3, -0.25) is 0 Å². The lowest BCUT2D eigenvalue weighted by atomic mass is 10.1. The van der Waals surface area contributed by atoms with E-state index in [0.29, 0.717) is 13.0 Å². The Morgan fingerprint density at radius 3 is 2.38 bits per heavy atom. The molecule has 0 spiro atoms. The molecule has 0 radical (unpaired) electrons. The Hall–Kier alpha value is -1.75. The van der Waals surface area contributed by atoms with Crippen LogP contribution in [0, 0.1) is 0 Å². The van der Waals surface area contributed by atoms with Crippen LogP contribution < -0.4 is 10.1 Å². The van der Waals surface area contributed by atoms with Crippen molar-refractivity contribution in [2.45, 2.75) is 45.8 Å². The first kappa shape index (κ1) is 17.3. The van der Waals surface area contributed by atoms with E-state index in [-0.39, 0.29) is 12.6 Å². The highest BCUT2D eigenvalue weighted by molar-refractivity contribution is 5.68. The molecule has 1 atom stereocenters. The quantitative estimate of drug-likeness (QED) is 0.846. The van der Waals surface area contributed by atoms with E-state index < -0.39 is 11.7 Å². The van der Waals surface area contributed by atoms with Crippen LogP contribution in [0.1, 0.15) is 33.3 Å². The second-order valence-corrected chi connectivity index (χ2v) is 5.81. The van der Waals surface area contributed by atoms with Crippen molar-refractivity contribution in [3.63, 3.8) is 0 Å². The lowest BCUT2D eigenvalue weighted by Gasteiger charge is -2.22. The Morgan fingerprint density at radius 2 is 1.90 bits per heavy atom. The summed E-state index contributed by atoms with van der Waals surface area (Å²) < 4.78 is 10.6. The van der Waals surface area contributed by atoms with E-state index in [2.05, 4.69) is 5.32 Å². The number of hydrogen-bond acceptors (Lipinski definition) is 4. The second-order valence-electron chi connectivity index (χ2n) is 5.81. The lowest BCUT2D eigenvalue weighted by Crippen LogP contribution is -2.42. The van der Waals surface area contributed by atoms with Gasteiger partial charge in [-0.1, -0.05) is 12.1 Å². The Bertz CT molecular complexity index is 437. The monoisotopic (exact) mass is 295 g/mol. The van der Waals surface area contributed by atoms with E-state index in [0.717, 1.165) is 11.3 Å². The third-order valence-corrected chi connectivity index (χ3v) is 2.66. The first-order valence-corrected chi connectivity index (χ1v) is 7.16. The van der Waals surface area contributed by atoms with Gasteiger partial charge >= 0.3 is 6.09 Å². The standard InChI is InChI=1S/C16H25NO4/c1-5-20-14-8-6-12(7-9-14)10-13(11-18)17-15(19)21-16(2,3)4/h6-9,13,18H,5,10-11H2,1-4H3,(H,17,19). The Balaban J connectivity index is 2.55. The molecule has 0 aliphatic heterocycles. The maximum atomic E-state index is 11.7. The normalized spacial score (nSPS) is 12.6. The zero-order chi connectivity index (χ0) is 15.9. The third kappa shape index (κ3) is 6.99. The molecule has 0 heterocycles. The number of carbonyl (C=O) groups is 1. The topological polar surface area (TPSA) is 67.8 Å². The molecule has 118 valence electrons. The van der Waals surface area contributed by atoms with Gasteiger partial charge in [0.25, 0.3) is 0 Å². The van der Waals surface area contributed by atoms with Gasteiger partial charge in [-0.25, -0.2) is 4.79 Å². The summed E-state index contributed by atoms with van der Waals surface area (Å²) in [7, 11) is 0. The van der Waals surface area contributed by atoms with Crippen molar-refractivity contribution in [3.8, 4) is 5.75 Å². The third-order valence-electron chi connectivity index (χ3n) is 2.66. The zero-order valence-corrected chi connectivity index (χ0v) is 13.2. The van der Waals surface area contributed by atoms with Gasteiger partial charge in [-0.05, 0) is 51.8 Å². The van der Waals surface area contributed by atoms with Gasteiger partial charge in [0.2, 0.25) is 0 Å². The van der Waals surface area contributed by atoms with Gasteiger partial charge in [0, 0.05) is 0 Å². The molecule has 1 aromatic carbocycles. The van der Waals surface area contributed by atoms with E-state index in [1.807, 2.05) is 31.2 Å². The van der Waals surface area contributed by atoms with Gasteiger partial charge in [-0.15, -0.1) is 0 Å². The summed E-state index contributed by atoms with van der Waals surface area (Å²) in [6, 6.07) is 7.22. The summed E-state index contributed by atoms with van der Waals surface area (Å²) in [5.74, 6) is 0.807. The van der Waals surface area contributed by atoms with Crippen LogP contribution in [0.5, 0.6) is 5.75 Å². The minimum absolute atomic E-state index is 0.146. The van der Waals surface area contributed by atoms with Gasteiger partial charge in [0.1, 0.15) is 11.4 Å². The molecule has 2 N–H and O–H groups in total. The van der Waals surface area contributed by atoms with E-state index in [1.54, 1.807) is 20.8 Å². The molecule has 1 unspecified atom stereocenters. The highest BCUT2D eigenvalue weighted by atomic mass is 16.6. The van der Waals surface area contributed by atoms with Crippen molar-refractivity contribution < 1.29 is 19.4 Å². The molecule has 0 aromatic heterocycles. The highest BCUT2D eigenvalue weighted by Gasteiger charge is 2.19. The Labute approximate surface area is 126 Å². The van der Waals surface area contributed by atoms with Crippen LogP contribution in [0.25, 0.3) is 0 Å². The van der Waals surface area contributed by atoms with E-state index >= 15 is 0 Å². The Morgan fingerprint density at radius 1 is 1.29 bits per heavy atom. The highest BCUT2D eigenvalue weighted by Crippen LogP contribution is 2.14. The van der Waals surface area contributed by atoms with Crippen LogP contribution in [-0.2, 0) is 11.2 Å². The van der Waals surface area contributed by atoms with Crippen molar-refractivity contribution in [2.75, 3.05) is 13.2 Å². The van der Waals surface area contributed by atoms with E-state index in [9.17, 15) is 9.90 Å². The van der Waals surface area contributed by atoms with Crippen molar-refractivity contribution in [3.05, 3.63) is 29.8 Å². The van der Waals surface area contributed by atoms with Gasteiger partial charge in [0.05, 0.1) is 19.3 Å². The molecular formula is C16H25NO4. The first-order chi connectivity index (χ1) is 9.84. The van der Waals surface area contributed by atoms with E-state index in [4.69, 9.17) is 9.47 Å². The number of aliphatic hydroxyl groups is 1. The van der Waals surface area contributed by atoms with Crippen molar-refractivity contribution in [1.82, 2.24) is 5.32 Å². The molecule has 0 saturated heterocycles. The molecular weight excluding hydrogens is 270 g/mol. The maximum Gasteiger partial charge on any atom is 0.407 e. The number of hydrogen-bond donors (Lipinski definition) is 2. The zero-order valence-electron chi connectivity index (χ0n) is 13.2. The number of carbonyl (C=O) groups excluding carboxylic acids is 1. The molecule has 1 rings (SSSR count). The SMILES string of the molecule is CCOc1ccc(CC(CO)NC(=O)OC(C)(C)C)cc1. The van der Waals surface area contributed by atoms with Gasteiger partial charge < -0.3 is 19.9 Å². The molecule has 0 aliphatic rings. The summed E-state index contributed by atoms with van der Waals surface area (Å²) in [5, 5.41) is 12.0. The van der Waals surface area contributed by atoms with Crippen LogP contribution >= 0.6 is 0 Å². The largest absolute Gasteiger partial charge is 0.494 e. The van der Waals surface area contributed by atoms with Crippen LogP contribution in [0.15, 0.2) is 24.3 Å². The molecule has 1 aromatic rings. The molecule has 0 aliphatic carbocycles. The molecule has 0 saturated carbocycles. The maximum absolute atomic E-state index is 11.7. The minimum Gasteiger partial charge on any atom is -0.494 e. The van der Waals surface area contributed by atoms with E-state index in [1.165, 1.54) is 0 Å². The van der Waals surface area contributed by atoms with Crippen LogP contribution in [-0.4, -0.2) is 36.1 Å². The van der Waals surface area contributed by atoms with Crippen molar-refractivity contribution in [2.24, 2.45) is 0 Å². The fourth-order valence-corrected chi connectivity index (χ4v) is 1.81. The molecule has 0 fully saturated rings. The fourth-order valence-electron chi connectivity index (χ4n) is 1.81. The number of aliphatic hydroxyl groups excluding tert-OH is 1. The summed E-state index contributed by atoms with van der Waals surface area (Å²) in [6.07, 6.45) is 0.00906. The molecule has 5 nitrogen and oxygen atoms in total. The number of ether oxygens (including phenoxy) is 2. The summed E-state index contributed by atoms with van der Waals surface area (Å²) >= 11 is 0. The Kier molecular flexibility index (Phi) is 6.49. The number of amides is 1. The second kappa shape index (κ2) is 7.88. The molecule has 0 bridgehead atoms. The van der Waals surface area contributed by atoms with Crippen LogP contribution in [0.2, 0.25) is 0 Å². The number of benzene rings is 1. The number of rotatable bonds is 6. The smallest absolute Gasteiger partial charge is 0.407 e. The molecule has 21 heavy (non-hydrogen) atoms. The molecule has 1 amide bonds. The number of alkyl carbamates (subject to hydrolysis) is 1. The van der Waals surface area contributed by atoms with Crippen LogP contribution in [0.4, 0.5) is 4.79 Å². The predicted octanol–water partition coefficient (Wildman–Crippen LogP) is 2.51. The summed E-state index contributed by atoms with van der Waals surface area (Å²) in [5.41, 5.74) is 0.456.